The predicted molar refractivity (Wildman–Crippen MR) is 96.7 cm³/mol. The van der Waals surface area contributed by atoms with Crippen LogP contribution < -0.4 is 15.4 Å². The zero-order valence-electron chi connectivity index (χ0n) is 15.1. The summed E-state index contributed by atoms with van der Waals surface area (Å²) >= 11 is 0. The van der Waals surface area contributed by atoms with E-state index < -0.39 is 11.7 Å². The summed E-state index contributed by atoms with van der Waals surface area (Å²) in [5.74, 6) is 0.744. The molecule has 0 aromatic heterocycles. The van der Waals surface area contributed by atoms with Crippen LogP contribution in [0.25, 0.3) is 0 Å². The molecule has 0 unspecified atom stereocenters. The van der Waals surface area contributed by atoms with E-state index in [0.29, 0.717) is 18.3 Å². The molecule has 0 atom stereocenters. The highest BCUT2D eigenvalue weighted by atomic mass is 16.6. The molecule has 1 aliphatic rings. The van der Waals surface area contributed by atoms with Crippen molar-refractivity contribution in [3.05, 3.63) is 24.3 Å². The van der Waals surface area contributed by atoms with E-state index in [0.717, 1.165) is 12.3 Å². The van der Waals surface area contributed by atoms with Crippen LogP contribution in [-0.2, 0) is 4.74 Å². The molecule has 5 nitrogen and oxygen atoms in total. The number of amides is 1. The van der Waals surface area contributed by atoms with E-state index in [9.17, 15) is 4.79 Å². The van der Waals surface area contributed by atoms with Crippen LogP contribution in [0.5, 0.6) is 5.75 Å². The molecule has 0 saturated heterocycles. The maximum atomic E-state index is 11.8. The van der Waals surface area contributed by atoms with E-state index in [1.54, 1.807) is 0 Å². The zero-order valence-corrected chi connectivity index (χ0v) is 15.1. The Morgan fingerprint density at radius 1 is 1.21 bits per heavy atom. The predicted octanol–water partition coefficient (Wildman–Crippen LogP) is 4.33. The van der Waals surface area contributed by atoms with Crippen LogP contribution in [0.3, 0.4) is 0 Å². The molecule has 1 amide bonds. The van der Waals surface area contributed by atoms with E-state index in [4.69, 9.17) is 9.47 Å². The number of rotatable bonds is 6. The molecule has 0 heterocycles. The van der Waals surface area contributed by atoms with Crippen molar-refractivity contribution in [1.29, 1.82) is 0 Å². The number of nitrogens with one attached hydrogen (secondary N) is 2. The lowest BCUT2D eigenvalue weighted by Gasteiger charge is -2.22. The lowest BCUT2D eigenvalue weighted by molar-refractivity contribution is 0.0636. The van der Waals surface area contributed by atoms with Crippen molar-refractivity contribution in [3.8, 4) is 5.75 Å². The molecule has 1 saturated carbocycles. The molecule has 5 heteroatoms. The molecule has 1 aliphatic carbocycles. The molecule has 24 heavy (non-hydrogen) atoms. The number of carbonyl (C=O) groups is 1. The Morgan fingerprint density at radius 2 is 1.96 bits per heavy atom. The van der Waals surface area contributed by atoms with Gasteiger partial charge in [0.2, 0.25) is 0 Å². The van der Waals surface area contributed by atoms with Crippen molar-refractivity contribution in [2.75, 3.05) is 18.5 Å². The second-order valence-electron chi connectivity index (χ2n) is 7.29. The first-order valence-electron chi connectivity index (χ1n) is 8.89. The quantitative estimate of drug-likeness (QED) is 0.760. The molecule has 0 radical (unpaired) electrons. The second kappa shape index (κ2) is 8.92. The van der Waals surface area contributed by atoms with Crippen LogP contribution in [0, 0.1) is 0 Å². The number of benzene rings is 1. The molecule has 134 valence electrons. The van der Waals surface area contributed by atoms with Gasteiger partial charge in [-0.05, 0) is 45.7 Å². The number of carbonyl (C=O) groups excluding carboxylic acids is 1. The van der Waals surface area contributed by atoms with Crippen LogP contribution in [0.15, 0.2) is 24.3 Å². The van der Waals surface area contributed by atoms with E-state index >= 15 is 0 Å². The van der Waals surface area contributed by atoms with Gasteiger partial charge in [0.1, 0.15) is 18.0 Å². The summed E-state index contributed by atoms with van der Waals surface area (Å²) in [4.78, 5) is 11.8. The first-order valence-corrected chi connectivity index (χ1v) is 8.89. The molecule has 2 N–H and O–H groups in total. The van der Waals surface area contributed by atoms with Gasteiger partial charge in [-0.3, -0.25) is 5.32 Å². The smallest absolute Gasteiger partial charge is 0.412 e. The van der Waals surface area contributed by atoms with Gasteiger partial charge in [-0.2, -0.15) is 0 Å². The molecular formula is C19H30N2O3. The Bertz CT molecular complexity index is 520. The minimum Gasteiger partial charge on any atom is -0.492 e. The summed E-state index contributed by atoms with van der Waals surface area (Å²) in [7, 11) is 0. The van der Waals surface area contributed by atoms with Gasteiger partial charge in [-0.15, -0.1) is 0 Å². The Labute approximate surface area is 145 Å². The maximum Gasteiger partial charge on any atom is 0.412 e. The lowest BCUT2D eigenvalue weighted by atomic mass is 9.96. The van der Waals surface area contributed by atoms with Gasteiger partial charge in [0.05, 0.1) is 0 Å². The molecule has 0 spiro atoms. The highest BCUT2D eigenvalue weighted by molar-refractivity contribution is 5.85. The Hall–Kier alpha value is -1.75. The first kappa shape index (κ1) is 18.6. The highest BCUT2D eigenvalue weighted by Gasteiger charge is 2.16. The van der Waals surface area contributed by atoms with Crippen molar-refractivity contribution in [1.82, 2.24) is 5.32 Å². The number of ether oxygens (including phenoxy) is 2. The van der Waals surface area contributed by atoms with Crippen LogP contribution in [-0.4, -0.2) is 30.9 Å². The fourth-order valence-electron chi connectivity index (χ4n) is 2.82. The SMILES string of the molecule is CC(C)(C)OC(=O)Nc1cccc(OCCNC2CCCCC2)c1. The Morgan fingerprint density at radius 3 is 2.67 bits per heavy atom. The largest absolute Gasteiger partial charge is 0.492 e. The number of hydrogen-bond acceptors (Lipinski definition) is 4. The minimum atomic E-state index is -0.511. The van der Waals surface area contributed by atoms with Crippen molar-refractivity contribution >= 4 is 11.8 Å². The third kappa shape index (κ3) is 7.21. The van der Waals surface area contributed by atoms with Crippen molar-refractivity contribution in [3.63, 3.8) is 0 Å². The van der Waals surface area contributed by atoms with Crippen molar-refractivity contribution in [2.45, 2.75) is 64.5 Å². The van der Waals surface area contributed by atoms with Gasteiger partial charge < -0.3 is 14.8 Å². The van der Waals surface area contributed by atoms with Gasteiger partial charge in [-0.1, -0.05) is 25.3 Å². The topological polar surface area (TPSA) is 59.6 Å². The summed E-state index contributed by atoms with van der Waals surface area (Å²) < 4.78 is 11.0. The van der Waals surface area contributed by atoms with Crippen molar-refractivity contribution in [2.24, 2.45) is 0 Å². The average Bonchev–Trinajstić information content (AvgIpc) is 2.51. The molecule has 0 bridgehead atoms. The van der Waals surface area contributed by atoms with E-state index in [2.05, 4.69) is 10.6 Å². The summed E-state index contributed by atoms with van der Waals surface area (Å²) in [5.41, 5.74) is 0.158. The van der Waals surface area contributed by atoms with E-state index in [1.165, 1.54) is 32.1 Å². The summed E-state index contributed by atoms with van der Waals surface area (Å²) in [5, 5.41) is 6.27. The molecule has 2 rings (SSSR count). The van der Waals surface area contributed by atoms with Gasteiger partial charge in [0, 0.05) is 24.3 Å². The third-order valence-corrected chi connectivity index (χ3v) is 3.89. The molecule has 1 fully saturated rings. The monoisotopic (exact) mass is 334 g/mol. The summed E-state index contributed by atoms with van der Waals surface area (Å²) in [6, 6.07) is 8.02. The third-order valence-electron chi connectivity index (χ3n) is 3.89. The van der Waals surface area contributed by atoms with Gasteiger partial charge in [-0.25, -0.2) is 4.79 Å². The number of hydrogen-bond donors (Lipinski definition) is 2. The Balaban J connectivity index is 1.72. The summed E-state index contributed by atoms with van der Waals surface area (Å²) in [6.07, 6.45) is 6.11. The lowest BCUT2D eigenvalue weighted by Crippen LogP contribution is -2.34. The number of anilines is 1. The van der Waals surface area contributed by atoms with Crippen LogP contribution in [0.4, 0.5) is 10.5 Å². The minimum absolute atomic E-state index is 0.460. The summed E-state index contributed by atoms with van der Waals surface area (Å²) in [6.45, 7) is 6.98. The normalized spacial score (nSPS) is 15.8. The van der Waals surface area contributed by atoms with E-state index in [1.807, 2.05) is 45.0 Å². The molecule has 0 aliphatic heterocycles. The van der Waals surface area contributed by atoms with Gasteiger partial charge in [0.15, 0.2) is 0 Å². The first-order chi connectivity index (χ1) is 11.4. The fraction of sp³-hybridized carbons (Fsp3) is 0.632. The molecular weight excluding hydrogens is 304 g/mol. The molecule has 1 aromatic rings. The van der Waals surface area contributed by atoms with Crippen LogP contribution >= 0.6 is 0 Å². The zero-order chi connectivity index (χ0) is 17.4. The Kier molecular flexibility index (Phi) is 6.91. The van der Waals surface area contributed by atoms with Gasteiger partial charge in [0.25, 0.3) is 0 Å². The molecule has 1 aromatic carbocycles. The maximum absolute atomic E-state index is 11.8. The van der Waals surface area contributed by atoms with Crippen molar-refractivity contribution < 1.29 is 14.3 Å². The van der Waals surface area contributed by atoms with Crippen LogP contribution in [0.1, 0.15) is 52.9 Å². The highest BCUT2D eigenvalue weighted by Crippen LogP contribution is 2.19. The average molecular weight is 334 g/mol. The van der Waals surface area contributed by atoms with Gasteiger partial charge >= 0.3 is 6.09 Å². The van der Waals surface area contributed by atoms with E-state index in [-0.39, 0.29) is 0 Å². The van der Waals surface area contributed by atoms with Crippen LogP contribution in [0.2, 0.25) is 0 Å². The second-order valence-corrected chi connectivity index (χ2v) is 7.29. The fourth-order valence-corrected chi connectivity index (χ4v) is 2.82. The standard InChI is InChI=1S/C19H30N2O3/c1-19(2,3)24-18(22)21-16-10-7-11-17(14-16)23-13-12-20-15-8-5-4-6-9-15/h7,10-11,14-15,20H,4-6,8-9,12-13H2,1-3H3,(H,21,22).